The van der Waals surface area contributed by atoms with E-state index in [2.05, 4.69) is 10.6 Å². The SMILES string of the molecule is CCOC(=O)c1c(NC(=O)COC(=O)CNC(=O)c2cccc(OC)c2)sc2c1CCC2. The molecule has 1 aromatic carbocycles. The van der Waals surface area contributed by atoms with E-state index in [1.54, 1.807) is 25.1 Å². The number of amides is 2. The van der Waals surface area contributed by atoms with Gasteiger partial charge in [0.05, 0.1) is 19.3 Å². The summed E-state index contributed by atoms with van der Waals surface area (Å²) >= 11 is 1.34. The van der Waals surface area contributed by atoms with E-state index in [9.17, 15) is 19.2 Å². The van der Waals surface area contributed by atoms with Gasteiger partial charge in [0.2, 0.25) is 0 Å². The molecular formula is C22H24N2O7S. The fraction of sp³-hybridized carbons (Fsp3) is 0.364. The maximum absolute atomic E-state index is 12.3. The van der Waals surface area contributed by atoms with Gasteiger partial charge in [0, 0.05) is 10.4 Å². The van der Waals surface area contributed by atoms with E-state index in [4.69, 9.17) is 14.2 Å². The Labute approximate surface area is 189 Å². The van der Waals surface area contributed by atoms with Crippen molar-refractivity contribution in [2.45, 2.75) is 26.2 Å². The third kappa shape index (κ3) is 5.64. The fourth-order valence-electron chi connectivity index (χ4n) is 3.29. The van der Waals surface area contributed by atoms with Crippen LogP contribution in [0.25, 0.3) is 0 Å². The number of methoxy groups -OCH3 is 1. The number of nitrogens with one attached hydrogen (secondary N) is 2. The Hall–Kier alpha value is -3.40. The van der Waals surface area contributed by atoms with Crippen LogP contribution in [-0.4, -0.2) is 50.6 Å². The number of rotatable bonds is 9. The third-order valence-electron chi connectivity index (χ3n) is 4.74. The minimum Gasteiger partial charge on any atom is -0.497 e. The molecule has 9 nitrogen and oxygen atoms in total. The zero-order chi connectivity index (χ0) is 23.1. The molecule has 10 heteroatoms. The Bertz CT molecular complexity index is 1030. The van der Waals surface area contributed by atoms with Gasteiger partial charge in [-0.05, 0) is 49.9 Å². The van der Waals surface area contributed by atoms with Crippen molar-refractivity contribution in [1.82, 2.24) is 5.32 Å². The average molecular weight is 461 g/mol. The number of fused-ring (bicyclic) bond motifs is 1. The van der Waals surface area contributed by atoms with Crippen LogP contribution < -0.4 is 15.4 Å². The Morgan fingerprint density at radius 2 is 1.94 bits per heavy atom. The van der Waals surface area contributed by atoms with E-state index < -0.39 is 36.9 Å². The topological polar surface area (TPSA) is 120 Å². The highest BCUT2D eigenvalue weighted by Gasteiger charge is 2.28. The molecule has 0 saturated heterocycles. The van der Waals surface area contributed by atoms with Crippen molar-refractivity contribution in [1.29, 1.82) is 0 Å². The van der Waals surface area contributed by atoms with Gasteiger partial charge >= 0.3 is 11.9 Å². The van der Waals surface area contributed by atoms with Crippen molar-refractivity contribution in [3.05, 3.63) is 45.8 Å². The smallest absolute Gasteiger partial charge is 0.341 e. The Morgan fingerprint density at radius 3 is 2.69 bits per heavy atom. The van der Waals surface area contributed by atoms with Crippen molar-refractivity contribution < 1.29 is 33.4 Å². The van der Waals surface area contributed by atoms with Gasteiger partial charge in [-0.2, -0.15) is 0 Å². The summed E-state index contributed by atoms with van der Waals surface area (Å²) in [5, 5.41) is 5.47. The number of thiophene rings is 1. The highest BCUT2D eigenvalue weighted by Crippen LogP contribution is 2.39. The standard InChI is InChI=1S/C22H24N2O7S/c1-3-30-22(28)19-15-8-5-9-16(15)32-21(19)24-17(25)12-31-18(26)11-23-20(27)13-6-4-7-14(10-13)29-2/h4,6-7,10H,3,5,8-9,11-12H2,1-2H3,(H,23,27)(H,24,25). The highest BCUT2D eigenvalue weighted by molar-refractivity contribution is 7.17. The first-order chi connectivity index (χ1) is 15.4. The number of anilines is 1. The molecule has 0 bridgehead atoms. The van der Waals surface area contributed by atoms with E-state index in [1.165, 1.54) is 24.5 Å². The van der Waals surface area contributed by atoms with E-state index >= 15 is 0 Å². The second-order valence-corrected chi connectivity index (χ2v) is 8.01. The lowest BCUT2D eigenvalue weighted by Gasteiger charge is -2.09. The van der Waals surface area contributed by atoms with Crippen LogP contribution in [0.3, 0.4) is 0 Å². The average Bonchev–Trinajstić information content (AvgIpc) is 3.37. The minimum absolute atomic E-state index is 0.232. The molecule has 0 saturated carbocycles. The molecule has 32 heavy (non-hydrogen) atoms. The molecule has 2 N–H and O–H groups in total. The molecule has 2 aromatic rings. The summed E-state index contributed by atoms with van der Waals surface area (Å²) in [4.78, 5) is 49.7. The van der Waals surface area contributed by atoms with Gasteiger partial charge in [-0.25, -0.2) is 4.79 Å². The number of carbonyl (C=O) groups is 4. The van der Waals surface area contributed by atoms with Crippen molar-refractivity contribution >= 4 is 40.1 Å². The van der Waals surface area contributed by atoms with Crippen molar-refractivity contribution in [2.24, 2.45) is 0 Å². The van der Waals surface area contributed by atoms with E-state index in [1.807, 2.05) is 0 Å². The molecule has 2 amide bonds. The van der Waals surface area contributed by atoms with Crippen LogP contribution in [0.5, 0.6) is 5.75 Å². The monoisotopic (exact) mass is 460 g/mol. The van der Waals surface area contributed by atoms with Crippen molar-refractivity contribution in [3.8, 4) is 5.75 Å². The number of hydrogen-bond acceptors (Lipinski definition) is 8. The number of hydrogen-bond donors (Lipinski definition) is 2. The summed E-state index contributed by atoms with van der Waals surface area (Å²) in [7, 11) is 1.49. The molecule has 1 heterocycles. The number of aryl methyl sites for hydroxylation is 1. The first kappa shape index (κ1) is 23.3. The Morgan fingerprint density at radius 1 is 1.12 bits per heavy atom. The van der Waals surface area contributed by atoms with Gasteiger partial charge in [0.15, 0.2) is 6.61 Å². The Balaban J connectivity index is 1.50. The summed E-state index contributed by atoms with van der Waals surface area (Å²) < 4.78 is 15.1. The predicted octanol–water partition coefficient (Wildman–Crippen LogP) is 2.33. The maximum Gasteiger partial charge on any atom is 0.341 e. The zero-order valence-electron chi connectivity index (χ0n) is 17.8. The lowest BCUT2D eigenvalue weighted by atomic mass is 10.1. The van der Waals surface area contributed by atoms with Gasteiger partial charge in [-0.1, -0.05) is 6.07 Å². The molecule has 0 radical (unpaired) electrons. The fourth-order valence-corrected chi connectivity index (χ4v) is 4.58. The molecule has 0 fully saturated rings. The van der Waals surface area contributed by atoms with Crippen molar-refractivity contribution in [3.63, 3.8) is 0 Å². The van der Waals surface area contributed by atoms with E-state index in [0.717, 1.165) is 29.7 Å². The molecule has 0 aliphatic heterocycles. The van der Waals surface area contributed by atoms with E-state index in [-0.39, 0.29) is 6.61 Å². The molecule has 1 aromatic heterocycles. The first-order valence-corrected chi connectivity index (χ1v) is 10.9. The summed E-state index contributed by atoms with van der Waals surface area (Å²) in [6, 6.07) is 6.46. The Kier molecular flexibility index (Phi) is 7.82. The van der Waals surface area contributed by atoms with Crippen LogP contribution in [-0.2, 0) is 31.9 Å². The van der Waals surface area contributed by atoms with Crippen LogP contribution in [0.15, 0.2) is 24.3 Å². The molecule has 170 valence electrons. The molecule has 1 aliphatic carbocycles. The zero-order valence-corrected chi connectivity index (χ0v) is 18.6. The largest absolute Gasteiger partial charge is 0.497 e. The lowest BCUT2D eigenvalue weighted by molar-refractivity contribution is -0.146. The van der Waals surface area contributed by atoms with Gasteiger partial charge in [0.1, 0.15) is 17.3 Å². The van der Waals surface area contributed by atoms with Gasteiger partial charge in [-0.3, -0.25) is 14.4 Å². The normalized spacial score (nSPS) is 11.9. The van der Waals surface area contributed by atoms with E-state index in [0.29, 0.717) is 21.9 Å². The highest BCUT2D eigenvalue weighted by atomic mass is 32.1. The van der Waals surface area contributed by atoms with Crippen LogP contribution in [0.2, 0.25) is 0 Å². The number of benzene rings is 1. The molecule has 1 aliphatic rings. The second kappa shape index (κ2) is 10.8. The molecule has 0 unspecified atom stereocenters. The van der Waals surface area contributed by atoms with Crippen LogP contribution >= 0.6 is 11.3 Å². The van der Waals surface area contributed by atoms with Crippen LogP contribution in [0.4, 0.5) is 5.00 Å². The lowest BCUT2D eigenvalue weighted by Crippen LogP contribution is -2.32. The quantitative estimate of drug-likeness (QED) is 0.551. The van der Waals surface area contributed by atoms with Crippen LogP contribution in [0.1, 0.15) is 44.5 Å². The van der Waals surface area contributed by atoms with Crippen molar-refractivity contribution in [2.75, 3.05) is 32.2 Å². The molecular weight excluding hydrogens is 436 g/mol. The maximum atomic E-state index is 12.3. The number of esters is 2. The molecule has 0 atom stereocenters. The number of carbonyl (C=O) groups excluding carboxylic acids is 4. The second-order valence-electron chi connectivity index (χ2n) is 6.91. The minimum atomic E-state index is -0.768. The third-order valence-corrected chi connectivity index (χ3v) is 5.95. The summed E-state index contributed by atoms with van der Waals surface area (Å²) in [5.41, 5.74) is 1.63. The summed E-state index contributed by atoms with van der Waals surface area (Å²) in [6.07, 6.45) is 2.57. The summed E-state index contributed by atoms with van der Waals surface area (Å²) in [6.45, 7) is 1.01. The summed E-state index contributed by atoms with van der Waals surface area (Å²) in [5.74, 6) is -1.78. The van der Waals surface area contributed by atoms with Crippen LogP contribution in [0, 0.1) is 0 Å². The molecule has 0 spiro atoms. The first-order valence-electron chi connectivity index (χ1n) is 10.1. The predicted molar refractivity (Wildman–Crippen MR) is 117 cm³/mol. The van der Waals surface area contributed by atoms with Gasteiger partial charge in [-0.15, -0.1) is 11.3 Å². The molecule has 3 rings (SSSR count). The number of ether oxygens (including phenoxy) is 3. The van der Waals surface area contributed by atoms with Gasteiger partial charge in [0.25, 0.3) is 11.8 Å². The van der Waals surface area contributed by atoms with Gasteiger partial charge < -0.3 is 24.8 Å².